The molecule has 0 unspecified atom stereocenters. The maximum absolute atomic E-state index is 5.39. The molecule has 4 fully saturated rings. The Kier molecular flexibility index (Phi) is 6.06. The van der Waals surface area contributed by atoms with Crippen LogP contribution in [0.15, 0.2) is 152 Å². The minimum atomic E-state index is 0.186. The SMILES string of the molecule is c1ccc(-c2nc3ccccc3nc2-n2c3ccc(-c4ccc5c(c4)-c4ccccc4C54C5CC6CC(C5)CC4C6)cc3c3c4ccccc4ccc32)cc1. The number of hydrogen-bond donors (Lipinski definition) is 0. The predicted molar refractivity (Wildman–Crippen MR) is 226 cm³/mol. The van der Waals surface area contributed by atoms with Gasteiger partial charge in [-0.15, -0.1) is 0 Å². The van der Waals surface area contributed by atoms with Gasteiger partial charge in [0.25, 0.3) is 0 Å². The van der Waals surface area contributed by atoms with Crippen LogP contribution in [0.3, 0.4) is 0 Å². The van der Waals surface area contributed by atoms with Gasteiger partial charge in [-0.25, -0.2) is 9.97 Å². The zero-order valence-corrected chi connectivity index (χ0v) is 30.6. The summed E-state index contributed by atoms with van der Waals surface area (Å²) in [4.78, 5) is 10.7. The van der Waals surface area contributed by atoms with Crippen LogP contribution < -0.4 is 0 Å². The van der Waals surface area contributed by atoms with Gasteiger partial charge < -0.3 is 0 Å². The fraction of sp³-hybridized carbons (Fsp3) is 0.192. The summed E-state index contributed by atoms with van der Waals surface area (Å²) in [6.45, 7) is 0. The molecule has 7 aromatic carbocycles. The second-order valence-corrected chi connectivity index (χ2v) is 17.0. The van der Waals surface area contributed by atoms with Crippen LogP contribution in [0.1, 0.15) is 43.2 Å². The molecule has 3 heteroatoms. The molecule has 5 aliphatic rings. The maximum Gasteiger partial charge on any atom is 0.165 e. The van der Waals surface area contributed by atoms with Crippen LogP contribution in [0.4, 0.5) is 0 Å². The highest BCUT2D eigenvalue weighted by Gasteiger charge is 2.61. The number of hydrogen-bond acceptors (Lipinski definition) is 2. The number of fused-ring (bicyclic) bond motifs is 9. The molecule has 55 heavy (non-hydrogen) atoms. The van der Waals surface area contributed by atoms with E-state index in [9.17, 15) is 0 Å². The molecule has 9 aromatic rings. The molecule has 2 heterocycles. The lowest BCUT2D eigenvalue weighted by Crippen LogP contribution is -2.55. The van der Waals surface area contributed by atoms with E-state index in [4.69, 9.17) is 9.97 Å². The van der Waals surface area contributed by atoms with Crippen molar-refractivity contribution in [1.82, 2.24) is 14.5 Å². The average molecular weight is 706 g/mol. The van der Waals surface area contributed by atoms with Crippen LogP contribution in [0.2, 0.25) is 0 Å². The van der Waals surface area contributed by atoms with E-state index in [2.05, 4.69) is 150 Å². The number of aromatic nitrogens is 3. The molecule has 1 spiro atoms. The van der Waals surface area contributed by atoms with Gasteiger partial charge >= 0.3 is 0 Å². The lowest BCUT2D eigenvalue weighted by atomic mass is 9.43. The van der Waals surface area contributed by atoms with Crippen LogP contribution in [0.25, 0.3) is 82.9 Å². The normalized spacial score (nSPS) is 23.3. The number of nitrogens with zero attached hydrogens (tertiary/aromatic N) is 3. The molecule has 0 amide bonds. The highest BCUT2D eigenvalue weighted by Crippen LogP contribution is 2.69. The van der Waals surface area contributed by atoms with Crippen molar-refractivity contribution >= 4 is 43.6 Å². The first-order valence-corrected chi connectivity index (χ1v) is 20.3. The van der Waals surface area contributed by atoms with E-state index in [1.54, 1.807) is 11.1 Å². The zero-order chi connectivity index (χ0) is 35.8. The Morgan fingerprint density at radius 2 is 1.13 bits per heavy atom. The van der Waals surface area contributed by atoms with Crippen molar-refractivity contribution in [3.05, 3.63) is 163 Å². The third-order valence-corrected chi connectivity index (χ3v) is 14.4. The standard InChI is InChI=1S/C52H39N3/c1-2-11-34(12-3-1)50-51(54-46-17-9-8-16-45(46)53-50)55-47-22-20-36(30-42(47)49-39-13-5-4-10-33(39)19-23-48(49)55)35-18-21-44-41(29-35)40-14-6-7-15-43(40)52(44)37-25-31-24-32(27-37)28-38(52)26-31/h1-23,29-32,37-38H,24-28H2. The quantitative estimate of drug-likeness (QED) is 0.183. The van der Waals surface area contributed by atoms with Gasteiger partial charge in [0.05, 0.1) is 22.1 Å². The van der Waals surface area contributed by atoms with Gasteiger partial charge in [-0.1, -0.05) is 115 Å². The minimum Gasteiger partial charge on any atom is -0.292 e. The molecule has 14 rings (SSSR count). The van der Waals surface area contributed by atoms with Gasteiger partial charge in [0.15, 0.2) is 5.82 Å². The van der Waals surface area contributed by atoms with Crippen LogP contribution in [0, 0.1) is 23.7 Å². The summed E-state index contributed by atoms with van der Waals surface area (Å²) in [7, 11) is 0. The summed E-state index contributed by atoms with van der Waals surface area (Å²) in [5, 5.41) is 4.98. The monoisotopic (exact) mass is 705 g/mol. The molecule has 5 aliphatic carbocycles. The molecule has 0 saturated heterocycles. The Morgan fingerprint density at radius 1 is 0.473 bits per heavy atom. The van der Waals surface area contributed by atoms with Crippen molar-refractivity contribution < 1.29 is 0 Å². The molecule has 262 valence electrons. The zero-order valence-electron chi connectivity index (χ0n) is 30.6. The first kappa shape index (κ1) is 30.3. The first-order chi connectivity index (χ1) is 27.2. The van der Waals surface area contributed by atoms with Crippen LogP contribution in [-0.4, -0.2) is 14.5 Å². The Bertz CT molecular complexity index is 3030. The van der Waals surface area contributed by atoms with Gasteiger partial charge in [-0.05, 0) is 136 Å². The van der Waals surface area contributed by atoms with Crippen LogP contribution >= 0.6 is 0 Å². The predicted octanol–water partition coefficient (Wildman–Crippen LogP) is 12.9. The van der Waals surface area contributed by atoms with E-state index in [-0.39, 0.29) is 5.41 Å². The second kappa shape index (κ2) is 11.0. The van der Waals surface area contributed by atoms with E-state index < -0.39 is 0 Å². The number of rotatable bonds is 3. The lowest BCUT2D eigenvalue weighted by molar-refractivity contribution is -0.0399. The fourth-order valence-electron chi connectivity index (χ4n) is 12.5. The summed E-state index contributed by atoms with van der Waals surface area (Å²) in [6, 6.07) is 56.2. The Hall–Kier alpha value is -6.06. The van der Waals surface area contributed by atoms with Crippen LogP contribution in [0.5, 0.6) is 0 Å². The van der Waals surface area contributed by atoms with Crippen LogP contribution in [-0.2, 0) is 5.41 Å². The van der Waals surface area contributed by atoms with E-state index in [0.29, 0.717) is 0 Å². The Morgan fingerprint density at radius 3 is 1.96 bits per heavy atom. The first-order valence-electron chi connectivity index (χ1n) is 20.3. The Labute approximate surface area is 320 Å². The lowest BCUT2D eigenvalue weighted by Gasteiger charge is -2.61. The van der Waals surface area contributed by atoms with Crippen molar-refractivity contribution in [2.75, 3.05) is 0 Å². The summed E-state index contributed by atoms with van der Waals surface area (Å²) in [6.07, 6.45) is 7.11. The number of para-hydroxylation sites is 2. The average Bonchev–Trinajstić information content (AvgIpc) is 3.72. The summed E-state index contributed by atoms with van der Waals surface area (Å²) in [5.74, 6) is 4.28. The van der Waals surface area contributed by atoms with E-state index in [1.807, 2.05) is 6.07 Å². The summed E-state index contributed by atoms with van der Waals surface area (Å²) < 4.78 is 2.36. The molecule has 0 radical (unpaired) electrons. The highest BCUT2D eigenvalue weighted by molar-refractivity contribution is 6.22. The number of benzene rings is 7. The largest absolute Gasteiger partial charge is 0.292 e. The third-order valence-electron chi connectivity index (χ3n) is 14.4. The van der Waals surface area contributed by atoms with E-state index in [0.717, 1.165) is 62.8 Å². The molecule has 0 N–H and O–H groups in total. The maximum atomic E-state index is 5.39. The molecule has 2 aromatic heterocycles. The van der Waals surface area contributed by atoms with Crippen molar-refractivity contribution in [3.63, 3.8) is 0 Å². The fourth-order valence-corrected chi connectivity index (χ4v) is 12.5. The topological polar surface area (TPSA) is 30.7 Å². The molecule has 4 saturated carbocycles. The summed E-state index contributed by atoms with van der Waals surface area (Å²) >= 11 is 0. The molecule has 0 atom stereocenters. The molecule has 4 bridgehead atoms. The van der Waals surface area contributed by atoms with E-state index >= 15 is 0 Å². The van der Waals surface area contributed by atoms with Crippen molar-refractivity contribution in [1.29, 1.82) is 0 Å². The molecular weight excluding hydrogens is 667 g/mol. The van der Waals surface area contributed by atoms with Crippen molar-refractivity contribution in [2.24, 2.45) is 23.7 Å². The second-order valence-electron chi connectivity index (χ2n) is 17.0. The van der Waals surface area contributed by atoms with Crippen molar-refractivity contribution in [3.8, 4) is 39.3 Å². The van der Waals surface area contributed by atoms with Gasteiger partial charge in [0.2, 0.25) is 0 Å². The molecule has 3 nitrogen and oxygen atoms in total. The molecular formula is C52H39N3. The minimum absolute atomic E-state index is 0.186. The van der Waals surface area contributed by atoms with Gasteiger partial charge in [0, 0.05) is 21.8 Å². The third kappa shape index (κ3) is 4.06. The van der Waals surface area contributed by atoms with Gasteiger partial charge in [0.1, 0.15) is 5.69 Å². The smallest absolute Gasteiger partial charge is 0.165 e. The summed E-state index contributed by atoms with van der Waals surface area (Å²) in [5.41, 5.74) is 14.9. The Balaban J connectivity index is 1.05. The van der Waals surface area contributed by atoms with E-state index in [1.165, 1.54) is 75.9 Å². The van der Waals surface area contributed by atoms with Gasteiger partial charge in [-0.3, -0.25) is 4.57 Å². The van der Waals surface area contributed by atoms with Crippen molar-refractivity contribution in [2.45, 2.75) is 37.5 Å². The molecule has 0 aliphatic heterocycles. The van der Waals surface area contributed by atoms with Gasteiger partial charge in [-0.2, -0.15) is 0 Å². The highest BCUT2D eigenvalue weighted by atomic mass is 15.1.